The summed E-state index contributed by atoms with van der Waals surface area (Å²) in [7, 11) is 0. The molecule has 3 heteroatoms. The van der Waals surface area contributed by atoms with Crippen molar-refractivity contribution in [3.8, 4) is 0 Å². The fourth-order valence-corrected chi connectivity index (χ4v) is 9.65. The Morgan fingerprint density at radius 2 is 1.88 bits per heavy atom. The summed E-state index contributed by atoms with van der Waals surface area (Å²) in [6.07, 6.45) is 11.2. The summed E-state index contributed by atoms with van der Waals surface area (Å²) in [4.78, 5) is 2.72. The fraction of sp³-hybridized carbons (Fsp3) is 1.00. The minimum absolute atomic E-state index is 0.0407. The van der Waals surface area contributed by atoms with Crippen LogP contribution in [0.15, 0.2) is 0 Å². The zero-order valence-corrected chi connectivity index (χ0v) is 16.0. The van der Waals surface area contributed by atoms with Gasteiger partial charge in [0.1, 0.15) is 6.23 Å². The maximum absolute atomic E-state index is 11.4. The van der Waals surface area contributed by atoms with Crippen LogP contribution in [0.4, 0.5) is 0 Å². The zero-order chi connectivity index (χ0) is 17.0. The fourth-order valence-electron chi connectivity index (χ4n) is 9.65. The van der Waals surface area contributed by atoms with Gasteiger partial charge in [-0.3, -0.25) is 4.90 Å². The number of piperidine rings is 1. The first-order valence-electron chi connectivity index (χ1n) is 11.1. The Bertz CT molecular complexity index is 595. The quantitative estimate of drug-likeness (QED) is 0.727. The summed E-state index contributed by atoms with van der Waals surface area (Å²) >= 11 is 0. The van der Waals surface area contributed by atoms with E-state index in [2.05, 4.69) is 18.7 Å². The number of aliphatic hydroxyl groups excluding tert-OH is 1. The Labute approximate surface area is 152 Å². The molecule has 5 saturated carbocycles. The van der Waals surface area contributed by atoms with Crippen molar-refractivity contribution in [1.29, 1.82) is 0 Å². The van der Waals surface area contributed by atoms with Gasteiger partial charge in [0, 0.05) is 23.9 Å². The normalized spacial score (nSPS) is 63.0. The second-order valence-corrected chi connectivity index (χ2v) is 11.0. The van der Waals surface area contributed by atoms with Gasteiger partial charge in [0.25, 0.3) is 0 Å². The summed E-state index contributed by atoms with van der Waals surface area (Å²) in [6, 6.07) is 0. The number of fused-ring (bicyclic) bond motifs is 4. The number of rotatable bonds is 0. The molecule has 0 amide bonds. The minimum Gasteiger partial charge on any atom is -0.392 e. The molecule has 2 saturated heterocycles. The van der Waals surface area contributed by atoms with E-state index in [9.17, 15) is 5.11 Å². The Morgan fingerprint density at radius 1 is 1.04 bits per heavy atom. The Morgan fingerprint density at radius 3 is 2.76 bits per heavy atom. The first kappa shape index (κ1) is 15.9. The van der Waals surface area contributed by atoms with Crippen molar-refractivity contribution < 1.29 is 9.84 Å². The van der Waals surface area contributed by atoms with Gasteiger partial charge in [-0.2, -0.15) is 0 Å². The second-order valence-electron chi connectivity index (χ2n) is 11.0. The lowest BCUT2D eigenvalue weighted by molar-refractivity contribution is -0.290. The van der Waals surface area contributed by atoms with Gasteiger partial charge in [-0.25, -0.2) is 0 Å². The van der Waals surface area contributed by atoms with E-state index in [1.165, 1.54) is 57.9 Å². The monoisotopic (exact) mass is 345 g/mol. The number of ether oxygens (including phenoxy) is 1. The molecule has 7 rings (SSSR count). The van der Waals surface area contributed by atoms with Crippen molar-refractivity contribution in [3.63, 3.8) is 0 Å². The van der Waals surface area contributed by atoms with E-state index < -0.39 is 0 Å². The zero-order valence-electron chi connectivity index (χ0n) is 16.0. The highest BCUT2D eigenvalue weighted by Gasteiger charge is 2.72. The number of nitrogens with zero attached hydrogens (tertiary/aromatic N) is 1. The van der Waals surface area contributed by atoms with Crippen molar-refractivity contribution in [1.82, 2.24) is 4.90 Å². The minimum atomic E-state index is -0.0407. The average Bonchev–Trinajstić information content (AvgIpc) is 3.07. The SMILES string of the molecule is C[C@@H]1[C@H]2CC[C@@]3(CC[C@H]4[C@@]5(CCC[C@@]4(C)C4OCCN4C5)[C@@H]3C2)[C@@H]1O. The Balaban J connectivity index is 1.48. The van der Waals surface area contributed by atoms with Crippen LogP contribution in [0.25, 0.3) is 0 Å². The third kappa shape index (κ3) is 1.66. The van der Waals surface area contributed by atoms with Crippen molar-refractivity contribution in [2.75, 3.05) is 19.7 Å². The molecule has 4 bridgehead atoms. The van der Waals surface area contributed by atoms with Gasteiger partial charge in [-0.1, -0.05) is 20.3 Å². The van der Waals surface area contributed by atoms with E-state index in [4.69, 9.17) is 4.74 Å². The summed E-state index contributed by atoms with van der Waals surface area (Å²) < 4.78 is 6.30. The van der Waals surface area contributed by atoms with Crippen LogP contribution in [-0.2, 0) is 4.74 Å². The predicted octanol–water partition coefficient (Wildman–Crippen LogP) is 3.66. The van der Waals surface area contributed by atoms with Crippen LogP contribution < -0.4 is 0 Å². The van der Waals surface area contributed by atoms with Crippen molar-refractivity contribution >= 4 is 0 Å². The smallest absolute Gasteiger partial charge is 0.116 e. The van der Waals surface area contributed by atoms with E-state index in [0.717, 1.165) is 30.9 Å². The van der Waals surface area contributed by atoms with Crippen LogP contribution >= 0.6 is 0 Å². The van der Waals surface area contributed by atoms with E-state index in [-0.39, 0.29) is 11.5 Å². The molecule has 7 fully saturated rings. The molecule has 1 unspecified atom stereocenters. The molecular weight excluding hydrogens is 310 g/mol. The van der Waals surface area contributed by atoms with Crippen LogP contribution in [0, 0.1) is 39.9 Å². The number of aliphatic hydroxyl groups is 1. The highest BCUT2D eigenvalue weighted by atomic mass is 16.5. The van der Waals surface area contributed by atoms with E-state index in [0.29, 0.717) is 23.0 Å². The average molecular weight is 346 g/mol. The van der Waals surface area contributed by atoms with E-state index >= 15 is 0 Å². The third-order valence-corrected chi connectivity index (χ3v) is 10.5. The molecule has 25 heavy (non-hydrogen) atoms. The van der Waals surface area contributed by atoms with E-state index in [1.54, 1.807) is 0 Å². The topological polar surface area (TPSA) is 32.7 Å². The lowest BCUT2D eigenvalue weighted by atomic mass is 9.34. The first-order valence-corrected chi connectivity index (χ1v) is 11.1. The van der Waals surface area contributed by atoms with Gasteiger partial charge in [0.05, 0.1) is 12.7 Å². The van der Waals surface area contributed by atoms with Gasteiger partial charge in [-0.05, 0) is 74.0 Å². The number of hydrogen-bond donors (Lipinski definition) is 1. The van der Waals surface area contributed by atoms with Crippen molar-refractivity contribution in [2.45, 2.75) is 77.5 Å². The summed E-state index contributed by atoms with van der Waals surface area (Å²) in [6.45, 7) is 8.23. The molecule has 0 aromatic carbocycles. The molecule has 0 radical (unpaired) electrons. The standard InChI is InChI=1S/C22H35NO2/c1-14-15-4-8-21(18(14)24)9-5-16-20(2)6-3-7-22(16,17(21)12-15)13-23-10-11-25-19(20)23/h14-19,24H,3-13H2,1-2H3/t14-,15+,16-,17-,18-,19?,20-,21+,22+/m1/s1. The lowest BCUT2D eigenvalue weighted by Gasteiger charge is -2.74. The van der Waals surface area contributed by atoms with Gasteiger partial charge in [0.15, 0.2) is 0 Å². The molecule has 9 atom stereocenters. The van der Waals surface area contributed by atoms with Gasteiger partial charge < -0.3 is 9.84 Å². The third-order valence-electron chi connectivity index (χ3n) is 10.5. The molecule has 140 valence electrons. The van der Waals surface area contributed by atoms with E-state index in [1.807, 2.05) is 0 Å². The summed E-state index contributed by atoms with van der Waals surface area (Å²) in [5.41, 5.74) is 1.06. The second kappa shape index (κ2) is 4.83. The molecule has 1 N–H and O–H groups in total. The number of hydrogen-bond acceptors (Lipinski definition) is 3. The van der Waals surface area contributed by atoms with Crippen molar-refractivity contribution in [3.05, 3.63) is 0 Å². The van der Waals surface area contributed by atoms with Crippen molar-refractivity contribution in [2.24, 2.45) is 39.9 Å². The molecule has 1 spiro atoms. The van der Waals surface area contributed by atoms with Crippen LogP contribution in [0.2, 0.25) is 0 Å². The Hall–Kier alpha value is -0.120. The molecular formula is C22H35NO2. The van der Waals surface area contributed by atoms with Crippen LogP contribution in [-0.4, -0.2) is 42.0 Å². The van der Waals surface area contributed by atoms with Gasteiger partial charge in [-0.15, -0.1) is 0 Å². The lowest BCUT2D eigenvalue weighted by Crippen LogP contribution is -2.73. The largest absolute Gasteiger partial charge is 0.392 e. The van der Waals surface area contributed by atoms with Crippen LogP contribution in [0.3, 0.4) is 0 Å². The molecule has 2 heterocycles. The summed E-state index contributed by atoms with van der Waals surface area (Å²) in [5, 5.41) is 11.4. The molecule has 3 nitrogen and oxygen atoms in total. The maximum Gasteiger partial charge on any atom is 0.116 e. The Kier molecular flexibility index (Phi) is 3.07. The first-order chi connectivity index (χ1) is 12.0. The predicted molar refractivity (Wildman–Crippen MR) is 96.9 cm³/mol. The van der Waals surface area contributed by atoms with Crippen LogP contribution in [0.1, 0.15) is 65.2 Å². The molecule has 5 aliphatic carbocycles. The van der Waals surface area contributed by atoms with Crippen LogP contribution in [0.5, 0.6) is 0 Å². The molecule has 7 aliphatic rings. The van der Waals surface area contributed by atoms with Gasteiger partial charge >= 0.3 is 0 Å². The molecule has 2 aliphatic heterocycles. The van der Waals surface area contributed by atoms with Gasteiger partial charge in [0.2, 0.25) is 0 Å². The molecule has 0 aromatic rings. The molecule has 0 aromatic heterocycles. The summed E-state index contributed by atoms with van der Waals surface area (Å²) in [5.74, 6) is 2.89. The highest BCUT2D eigenvalue weighted by Crippen LogP contribution is 2.74. The highest BCUT2D eigenvalue weighted by molar-refractivity contribution is 5.20. The maximum atomic E-state index is 11.4.